The van der Waals surface area contributed by atoms with Crippen LogP contribution in [0, 0.1) is 0 Å². The molecule has 224 valence electrons. The normalized spacial score (nSPS) is 14.3. The standard InChI is InChI=1S/C34H37N3O6/c1-2-40-31(38)15-9-22-37-24-30(33-35-34(39)43-36-33)42-32-27(13-8-14-29(32)37)19-16-26-17-20-28(21-18-26)41-23-7-6-12-25-10-4-3-5-11-25/h3-5,8,10-11,13-14,16-21,30H,2,6-7,9,12,15,22-24H2,1H3,(H,35,36,39)/b19-16+. The van der Waals surface area contributed by atoms with E-state index in [9.17, 15) is 9.59 Å². The molecule has 43 heavy (non-hydrogen) atoms. The Kier molecular flexibility index (Phi) is 10.3. The number of esters is 1. The van der Waals surface area contributed by atoms with Gasteiger partial charge in [-0.3, -0.25) is 14.3 Å². The first kappa shape index (κ1) is 29.7. The number of nitrogens with zero attached hydrogens (tertiary/aromatic N) is 2. The number of hydrogen-bond acceptors (Lipinski definition) is 8. The molecule has 1 unspecified atom stereocenters. The lowest BCUT2D eigenvalue weighted by molar-refractivity contribution is -0.143. The molecule has 0 bridgehead atoms. The second-order valence-electron chi connectivity index (χ2n) is 10.3. The predicted molar refractivity (Wildman–Crippen MR) is 165 cm³/mol. The number of carbonyl (C=O) groups excluding carboxylic acids is 1. The van der Waals surface area contributed by atoms with Crippen LogP contribution in [-0.4, -0.2) is 42.4 Å². The van der Waals surface area contributed by atoms with Crippen molar-refractivity contribution in [2.75, 3.05) is 31.2 Å². The summed E-state index contributed by atoms with van der Waals surface area (Å²) in [6.07, 6.45) is 7.56. The molecular weight excluding hydrogens is 546 g/mol. The number of aryl methyl sites for hydroxylation is 1. The quantitative estimate of drug-likeness (QED) is 0.106. The van der Waals surface area contributed by atoms with Crippen LogP contribution in [0.25, 0.3) is 12.2 Å². The summed E-state index contributed by atoms with van der Waals surface area (Å²) >= 11 is 0. The van der Waals surface area contributed by atoms with Crippen molar-refractivity contribution in [1.82, 2.24) is 10.1 Å². The number of carbonyl (C=O) groups is 1. The highest BCUT2D eigenvalue weighted by Crippen LogP contribution is 2.41. The topological polar surface area (TPSA) is 107 Å². The van der Waals surface area contributed by atoms with Crippen molar-refractivity contribution in [2.45, 2.75) is 45.1 Å². The minimum absolute atomic E-state index is 0.218. The first-order valence-corrected chi connectivity index (χ1v) is 14.8. The molecule has 9 heteroatoms. The van der Waals surface area contributed by atoms with Crippen LogP contribution < -0.4 is 20.1 Å². The van der Waals surface area contributed by atoms with Crippen LogP contribution in [0.5, 0.6) is 11.5 Å². The van der Waals surface area contributed by atoms with E-state index >= 15 is 0 Å². The minimum Gasteiger partial charge on any atom is -0.494 e. The Bertz CT molecular complexity index is 1540. The number of benzene rings is 3. The molecule has 3 aromatic carbocycles. The zero-order valence-electron chi connectivity index (χ0n) is 24.4. The maximum Gasteiger partial charge on any atom is 0.439 e. The van der Waals surface area contributed by atoms with Crippen LogP contribution in [0.4, 0.5) is 5.69 Å². The SMILES string of the molecule is CCOC(=O)CCCN1CC(c2noc(=O)[nH]2)Oc2c(/C=C/c3ccc(OCCCCc4ccccc4)cc3)cccc21. The van der Waals surface area contributed by atoms with Crippen molar-refractivity contribution in [3.05, 3.63) is 106 Å². The van der Waals surface area contributed by atoms with Crippen molar-refractivity contribution in [3.63, 3.8) is 0 Å². The number of para-hydroxylation sites is 1. The van der Waals surface area contributed by atoms with E-state index in [-0.39, 0.29) is 5.97 Å². The van der Waals surface area contributed by atoms with Gasteiger partial charge in [-0.25, -0.2) is 4.79 Å². The Hall–Kier alpha value is -4.79. The molecule has 0 fully saturated rings. The zero-order chi connectivity index (χ0) is 29.9. The maximum absolute atomic E-state index is 11.9. The first-order chi connectivity index (χ1) is 21.1. The number of aromatic amines is 1. The Morgan fingerprint density at radius 3 is 2.63 bits per heavy atom. The highest BCUT2D eigenvalue weighted by molar-refractivity contribution is 5.78. The number of rotatable bonds is 14. The summed E-state index contributed by atoms with van der Waals surface area (Å²) in [5.41, 5.74) is 4.16. The number of unbranched alkanes of at least 4 members (excludes halogenated alkanes) is 1. The van der Waals surface area contributed by atoms with Crippen molar-refractivity contribution in [3.8, 4) is 11.5 Å². The molecular formula is C34H37N3O6. The monoisotopic (exact) mass is 583 g/mol. The molecule has 4 aromatic rings. The molecule has 9 nitrogen and oxygen atoms in total. The van der Waals surface area contributed by atoms with Gasteiger partial charge in [0.1, 0.15) is 5.75 Å². The third-order valence-corrected chi connectivity index (χ3v) is 7.19. The van der Waals surface area contributed by atoms with Crippen molar-refractivity contribution < 1.29 is 23.5 Å². The highest BCUT2D eigenvalue weighted by atomic mass is 16.5. The van der Waals surface area contributed by atoms with Crippen LogP contribution in [0.15, 0.2) is 82.1 Å². The van der Waals surface area contributed by atoms with Crippen molar-refractivity contribution in [2.24, 2.45) is 0 Å². The number of anilines is 1. The third kappa shape index (κ3) is 8.38. The lowest BCUT2D eigenvalue weighted by Gasteiger charge is -2.36. The van der Waals surface area contributed by atoms with E-state index in [0.29, 0.717) is 50.7 Å². The summed E-state index contributed by atoms with van der Waals surface area (Å²) in [5.74, 6) is 0.988. The largest absolute Gasteiger partial charge is 0.494 e. The van der Waals surface area contributed by atoms with E-state index in [4.69, 9.17) is 18.7 Å². The van der Waals surface area contributed by atoms with Gasteiger partial charge in [-0.2, -0.15) is 0 Å². The molecule has 0 saturated carbocycles. The summed E-state index contributed by atoms with van der Waals surface area (Å²) < 4.78 is 22.1. The van der Waals surface area contributed by atoms with E-state index in [1.54, 1.807) is 6.92 Å². The Balaban J connectivity index is 1.22. The first-order valence-electron chi connectivity index (χ1n) is 14.8. The van der Waals surface area contributed by atoms with E-state index in [2.05, 4.69) is 39.3 Å². The summed E-state index contributed by atoms with van der Waals surface area (Å²) in [5, 5.41) is 3.86. The average Bonchev–Trinajstić information content (AvgIpc) is 3.47. The minimum atomic E-state index is -0.633. The zero-order valence-corrected chi connectivity index (χ0v) is 24.4. The molecule has 2 heterocycles. The fraction of sp³-hybridized carbons (Fsp3) is 0.324. The molecule has 1 aliphatic heterocycles. The molecule has 0 saturated heterocycles. The number of H-pyrrole nitrogens is 1. The maximum atomic E-state index is 11.9. The molecule has 0 spiro atoms. The smallest absolute Gasteiger partial charge is 0.439 e. The van der Waals surface area contributed by atoms with Crippen LogP contribution in [0.3, 0.4) is 0 Å². The molecule has 0 amide bonds. The molecule has 0 radical (unpaired) electrons. The summed E-state index contributed by atoms with van der Waals surface area (Å²) in [4.78, 5) is 28.3. The number of nitrogens with one attached hydrogen (secondary N) is 1. The second kappa shape index (κ2) is 14.9. The fourth-order valence-corrected chi connectivity index (χ4v) is 5.04. The predicted octanol–water partition coefficient (Wildman–Crippen LogP) is 6.22. The van der Waals surface area contributed by atoms with Crippen LogP contribution in [0.1, 0.15) is 61.2 Å². The van der Waals surface area contributed by atoms with Crippen LogP contribution >= 0.6 is 0 Å². The molecule has 5 rings (SSSR count). The van der Waals surface area contributed by atoms with Crippen LogP contribution in [0.2, 0.25) is 0 Å². The van der Waals surface area contributed by atoms with E-state index in [0.717, 1.165) is 41.8 Å². The number of aromatic nitrogens is 2. The molecule has 0 aliphatic carbocycles. The average molecular weight is 584 g/mol. The second-order valence-corrected chi connectivity index (χ2v) is 10.3. The summed E-state index contributed by atoms with van der Waals surface area (Å²) in [6.45, 7) is 3.89. The Labute approximate surface area is 251 Å². The molecule has 1 aliphatic rings. The van der Waals surface area contributed by atoms with Gasteiger partial charge in [0, 0.05) is 18.5 Å². The van der Waals surface area contributed by atoms with Gasteiger partial charge in [-0.1, -0.05) is 71.9 Å². The number of fused-ring (bicyclic) bond motifs is 1. The fourth-order valence-electron chi connectivity index (χ4n) is 5.04. The van der Waals surface area contributed by atoms with E-state index < -0.39 is 11.9 Å². The Morgan fingerprint density at radius 2 is 1.86 bits per heavy atom. The van der Waals surface area contributed by atoms with Crippen molar-refractivity contribution in [1.29, 1.82) is 0 Å². The summed E-state index contributed by atoms with van der Waals surface area (Å²) in [6, 6.07) is 24.5. The van der Waals surface area contributed by atoms with Gasteiger partial charge in [0.2, 0.25) is 0 Å². The highest BCUT2D eigenvalue weighted by Gasteiger charge is 2.30. The van der Waals surface area contributed by atoms with Crippen molar-refractivity contribution >= 4 is 23.8 Å². The molecule has 1 N–H and O–H groups in total. The lowest BCUT2D eigenvalue weighted by Crippen LogP contribution is -2.37. The molecule has 1 atom stereocenters. The van der Waals surface area contributed by atoms with Gasteiger partial charge in [0.25, 0.3) is 0 Å². The Morgan fingerprint density at radius 1 is 1.02 bits per heavy atom. The lowest BCUT2D eigenvalue weighted by atomic mass is 10.1. The number of hydrogen-bond donors (Lipinski definition) is 1. The van der Waals surface area contributed by atoms with Gasteiger partial charge in [0.05, 0.1) is 25.4 Å². The van der Waals surface area contributed by atoms with E-state index in [1.165, 1.54) is 5.56 Å². The van der Waals surface area contributed by atoms with Gasteiger partial charge in [-0.15, -0.1) is 0 Å². The van der Waals surface area contributed by atoms with E-state index in [1.807, 2.05) is 60.7 Å². The van der Waals surface area contributed by atoms with Gasteiger partial charge in [-0.05, 0) is 61.9 Å². The summed E-state index contributed by atoms with van der Waals surface area (Å²) in [7, 11) is 0. The van der Waals surface area contributed by atoms with Gasteiger partial charge >= 0.3 is 11.7 Å². The van der Waals surface area contributed by atoms with Gasteiger partial charge in [0.15, 0.2) is 17.7 Å². The molecule has 1 aromatic heterocycles. The number of ether oxygens (including phenoxy) is 3. The van der Waals surface area contributed by atoms with Gasteiger partial charge < -0.3 is 19.1 Å². The van der Waals surface area contributed by atoms with Crippen LogP contribution in [-0.2, 0) is 16.0 Å². The third-order valence-electron chi connectivity index (χ3n) is 7.19.